The lowest BCUT2D eigenvalue weighted by Crippen LogP contribution is -2.48. The lowest BCUT2D eigenvalue weighted by molar-refractivity contribution is -0.133. The number of hydrogen-bond donors (Lipinski definition) is 0. The fraction of sp³-hybridized carbons (Fsp3) is 0.364. The Labute approximate surface area is 164 Å². The minimum atomic E-state index is -0.164. The van der Waals surface area contributed by atoms with Crippen molar-refractivity contribution in [3.05, 3.63) is 65.6 Å². The third kappa shape index (κ3) is 3.92. The van der Waals surface area contributed by atoms with Gasteiger partial charge in [-0.05, 0) is 18.6 Å². The second-order valence-corrected chi connectivity index (χ2v) is 7.38. The number of amides is 1. The van der Waals surface area contributed by atoms with Gasteiger partial charge < -0.3 is 4.90 Å². The number of piperazine rings is 1. The lowest BCUT2D eigenvalue weighted by Gasteiger charge is -2.34. The minimum Gasteiger partial charge on any atom is -0.340 e. The van der Waals surface area contributed by atoms with Crippen molar-refractivity contribution >= 4 is 16.8 Å². The van der Waals surface area contributed by atoms with Gasteiger partial charge in [0, 0.05) is 50.1 Å². The van der Waals surface area contributed by atoms with E-state index in [4.69, 9.17) is 0 Å². The molecule has 1 aliphatic heterocycles. The van der Waals surface area contributed by atoms with Crippen LogP contribution in [0.4, 0.5) is 4.39 Å². The summed E-state index contributed by atoms with van der Waals surface area (Å²) >= 11 is 0. The fourth-order valence-electron chi connectivity index (χ4n) is 3.88. The summed E-state index contributed by atoms with van der Waals surface area (Å²) in [5, 5.41) is 5.55. The van der Waals surface area contributed by atoms with Gasteiger partial charge in [0.1, 0.15) is 5.82 Å². The Morgan fingerprint density at radius 2 is 1.86 bits per heavy atom. The van der Waals surface area contributed by atoms with Crippen LogP contribution >= 0.6 is 0 Å². The van der Waals surface area contributed by atoms with Crippen LogP contribution in [0.1, 0.15) is 17.5 Å². The van der Waals surface area contributed by atoms with E-state index in [2.05, 4.69) is 23.0 Å². The lowest BCUT2D eigenvalue weighted by atomic mass is 10.1. The number of nitrogens with zero attached hydrogens (tertiary/aromatic N) is 4. The highest BCUT2D eigenvalue weighted by atomic mass is 19.1. The van der Waals surface area contributed by atoms with E-state index in [0.717, 1.165) is 24.0 Å². The number of aromatic nitrogens is 2. The molecule has 5 nitrogen and oxygen atoms in total. The summed E-state index contributed by atoms with van der Waals surface area (Å²) in [6.07, 6.45) is 2.30. The molecule has 0 atom stereocenters. The van der Waals surface area contributed by atoms with Gasteiger partial charge in [-0.25, -0.2) is 4.39 Å². The molecule has 28 heavy (non-hydrogen) atoms. The molecule has 0 radical (unpaired) electrons. The Morgan fingerprint density at radius 1 is 1.07 bits per heavy atom. The number of para-hydroxylation sites is 1. The van der Waals surface area contributed by atoms with Gasteiger partial charge in [0.25, 0.3) is 0 Å². The summed E-state index contributed by atoms with van der Waals surface area (Å²) in [6.45, 7) is 6.15. The molecule has 1 amide bonds. The van der Waals surface area contributed by atoms with Crippen molar-refractivity contribution in [1.29, 1.82) is 0 Å². The summed E-state index contributed by atoms with van der Waals surface area (Å²) in [5.41, 5.74) is 2.98. The summed E-state index contributed by atoms with van der Waals surface area (Å²) in [7, 11) is 0. The number of halogens is 1. The van der Waals surface area contributed by atoms with Crippen LogP contribution < -0.4 is 0 Å². The smallest absolute Gasteiger partial charge is 0.224 e. The maximum Gasteiger partial charge on any atom is 0.224 e. The van der Waals surface area contributed by atoms with E-state index in [0.29, 0.717) is 38.2 Å². The molecule has 6 heteroatoms. The van der Waals surface area contributed by atoms with E-state index < -0.39 is 0 Å². The largest absolute Gasteiger partial charge is 0.340 e. The summed E-state index contributed by atoms with van der Waals surface area (Å²) < 4.78 is 15.8. The van der Waals surface area contributed by atoms with Crippen molar-refractivity contribution in [2.75, 3.05) is 26.2 Å². The van der Waals surface area contributed by atoms with Gasteiger partial charge in [-0.1, -0.05) is 36.4 Å². The number of carbonyl (C=O) groups excluding carboxylic acids is 1. The van der Waals surface area contributed by atoms with Gasteiger partial charge in [-0.3, -0.25) is 14.4 Å². The monoisotopic (exact) mass is 380 g/mol. The molecule has 0 bridgehead atoms. The van der Waals surface area contributed by atoms with E-state index in [1.54, 1.807) is 6.07 Å². The van der Waals surface area contributed by atoms with Crippen molar-refractivity contribution in [2.45, 2.75) is 26.4 Å². The van der Waals surface area contributed by atoms with Gasteiger partial charge in [0.2, 0.25) is 5.91 Å². The molecule has 0 aliphatic carbocycles. The SMILES string of the molecule is Cc1cccc2cnn(CCC(=O)N3CCN(Cc4ccccc4F)CC3)c12. The van der Waals surface area contributed by atoms with Crippen molar-refractivity contribution in [3.63, 3.8) is 0 Å². The highest BCUT2D eigenvalue weighted by Gasteiger charge is 2.21. The Balaban J connectivity index is 1.30. The van der Waals surface area contributed by atoms with E-state index in [-0.39, 0.29) is 11.7 Å². The zero-order valence-corrected chi connectivity index (χ0v) is 16.1. The summed E-state index contributed by atoms with van der Waals surface area (Å²) in [4.78, 5) is 16.8. The number of benzene rings is 2. The predicted octanol–water partition coefficient (Wildman–Crippen LogP) is 3.22. The van der Waals surface area contributed by atoms with Crippen LogP contribution in [0.3, 0.4) is 0 Å². The molecule has 0 saturated carbocycles. The molecular formula is C22H25FN4O. The molecule has 146 valence electrons. The van der Waals surface area contributed by atoms with Gasteiger partial charge in [0.05, 0.1) is 18.3 Å². The molecule has 0 unspecified atom stereocenters. The highest BCUT2D eigenvalue weighted by Crippen LogP contribution is 2.18. The molecule has 1 aromatic heterocycles. The Hall–Kier alpha value is -2.73. The average molecular weight is 380 g/mol. The summed E-state index contributed by atoms with van der Waals surface area (Å²) in [6, 6.07) is 13.0. The Bertz CT molecular complexity index is 976. The van der Waals surface area contributed by atoms with Crippen LogP contribution in [-0.2, 0) is 17.9 Å². The number of hydrogen-bond acceptors (Lipinski definition) is 3. The molecule has 2 aromatic carbocycles. The number of rotatable bonds is 5. The molecular weight excluding hydrogens is 355 g/mol. The van der Waals surface area contributed by atoms with Crippen molar-refractivity contribution in [3.8, 4) is 0 Å². The molecule has 1 fully saturated rings. The van der Waals surface area contributed by atoms with Crippen LogP contribution in [0.5, 0.6) is 0 Å². The van der Waals surface area contributed by atoms with Crippen molar-refractivity contribution in [2.24, 2.45) is 0 Å². The van der Waals surface area contributed by atoms with Crippen LogP contribution in [-0.4, -0.2) is 51.7 Å². The second-order valence-electron chi connectivity index (χ2n) is 7.38. The normalized spacial score (nSPS) is 15.3. The van der Waals surface area contributed by atoms with Crippen LogP contribution in [0, 0.1) is 12.7 Å². The van der Waals surface area contributed by atoms with Crippen LogP contribution in [0.25, 0.3) is 10.9 Å². The molecule has 0 spiro atoms. The maximum absolute atomic E-state index is 13.8. The first-order chi connectivity index (χ1) is 13.6. The molecule has 3 aromatic rings. The molecule has 0 N–H and O–H groups in total. The third-order valence-corrected chi connectivity index (χ3v) is 5.48. The minimum absolute atomic E-state index is 0.155. The van der Waals surface area contributed by atoms with Crippen LogP contribution in [0.15, 0.2) is 48.7 Å². The van der Waals surface area contributed by atoms with Crippen LogP contribution in [0.2, 0.25) is 0 Å². The number of carbonyl (C=O) groups is 1. The predicted molar refractivity (Wildman–Crippen MR) is 107 cm³/mol. The standard InChI is InChI=1S/C22H25FN4O/c1-17-5-4-7-18-15-24-27(22(17)18)10-9-21(28)26-13-11-25(12-14-26)16-19-6-2-3-8-20(19)23/h2-8,15H,9-14,16H2,1H3. The van der Waals surface area contributed by atoms with Gasteiger partial charge >= 0.3 is 0 Å². The van der Waals surface area contributed by atoms with E-state index in [1.165, 1.54) is 11.6 Å². The molecule has 4 rings (SSSR count). The summed E-state index contributed by atoms with van der Waals surface area (Å²) in [5.74, 6) is -0.00877. The Kier molecular flexibility index (Phi) is 5.39. The first kappa shape index (κ1) is 18.6. The Morgan fingerprint density at radius 3 is 2.64 bits per heavy atom. The quantitative estimate of drug-likeness (QED) is 0.683. The maximum atomic E-state index is 13.8. The third-order valence-electron chi connectivity index (χ3n) is 5.48. The van der Waals surface area contributed by atoms with E-state index in [9.17, 15) is 9.18 Å². The van der Waals surface area contributed by atoms with Gasteiger partial charge in [-0.15, -0.1) is 0 Å². The first-order valence-corrected chi connectivity index (χ1v) is 9.76. The topological polar surface area (TPSA) is 41.4 Å². The highest BCUT2D eigenvalue weighted by molar-refractivity contribution is 5.82. The average Bonchev–Trinajstić information content (AvgIpc) is 3.13. The first-order valence-electron chi connectivity index (χ1n) is 9.76. The number of fused-ring (bicyclic) bond motifs is 1. The van der Waals surface area contributed by atoms with Gasteiger partial charge in [0.15, 0.2) is 0 Å². The van der Waals surface area contributed by atoms with Crippen molar-refractivity contribution < 1.29 is 9.18 Å². The zero-order chi connectivity index (χ0) is 19.5. The zero-order valence-electron chi connectivity index (χ0n) is 16.1. The number of aryl methyl sites for hydroxylation is 2. The molecule has 1 saturated heterocycles. The fourth-order valence-corrected chi connectivity index (χ4v) is 3.88. The van der Waals surface area contributed by atoms with Gasteiger partial charge in [-0.2, -0.15) is 5.10 Å². The second kappa shape index (κ2) is 8.10. The molecule has 2 heterocycles. The van der Waals surface area contributed by atoms with E-state index >= 15 is 0 Å². The van der Waals surface area contributed by atoms with E-state index in [1.807, 2.05) is 40.0 Å². The molecule has 1 aliphatic rings. The van der Waals surface area contributed by atoms with Crippen molar-refractivity contribution in [1.82, 2.24) is 19.6 Å².